The molecule has 0 aliphatic carbocycles. The maximum Gasteiger partial charge on any atom is 0.412 e. The predicted octanol–water partition coefficient (Wildman–Crippen LogP) is 1.83. The van der Waals surface area contributed by atoms with Gasteiger partial charge in [-0.1, -0.05) is 30.3 Å². The molecule has 5 heteroatoms. The van der Waals surface area contributed by atoms with Crippen molar-refractivity contribution in [3.63, 3.8) is 0 Å². The second kappa shape index (κ2) is 5.42. The van der Waals surface area contributed by atoms with E-state index >= 15 is 0 Å². The predicted molar refractivity (Wildman–Crippen MR) is 68.7 cm³/mol. The average molecular weight is 252 g/mol. The minimum Gasteiger partial charge on any atom is -0.444 e. The normalized spacial score (nSPS) is 23.8. The van der Waals surface area contributed by atoms with E-state index in [1.807, 2.05) is 37.3 Å². The van der Waals surface area contributed by atoms with Crippen molar-refractivity contribution in [1.82, 2.24) is 10.2 Å². The molecule has 1 unspecified atom stereocenters. The molecular weight excluding hydrogens is 236 g/mol. The van der Waals surface area contributed by atoms with E-state index < -0.39 is 0 Å². The fraction of sp³-hybridized carbons (Fsp3) is 0.417. The summed E-state index contributed by atoms with van der Waals surface area (Å²) in [6.07, 6.45) is -0.328. The molecule has 0 spiro atoms. The van der Waals surface area contributed by atoms with Crippen molar-refractivity contribution in [2.24, 2.45) is 0 Å². The molecule has 92 valence electrons. The van der Waals surface area contributed by atoms with Gasteiger partial charge < -0.3 is 4.74 Å². The lowest BCUT2D eigenvalue weighted by molar-refractivity contribution is 0.100. The van der Waals surface area contributed by atoms with Crippen LogP contribution in [0.5, 0.6) is 0 Å². The summed E-state index contributed by atoms with van der Waals surface area (Å²) in [5.74, 6) is 0. The number of carbonyl (C=O) groups excluding carboxylic acids is 1. The minimum absolute atomic E-state index is 0.252. The van der Waals surface area contributed by atoms with Crippen LogP contribution < -0.4 is 5.32 Å². The molecule has 0 saturated carbocycles. The van der Waals surface area contributed by atoms with E-state index in [1.54, 1.807) is 4.90 Å². The van der Waals surface area contributed by atoms with Gasteiger partial charge in [-0.25, -0.2) is 4.79 Å². The smallest absolute Gasteiger partial charge is 0.412 e. The zero-order valence-electron chi connectivity index (χ0n) is 9.67. The molecule has 2 atom stereocenters. The van der Waals surface area contributed by atoms with Gasteiger partial charge in [0, 0.05) is 12.6 Å². The molecule has 2 rings (SSSR count). The first kappa shape index (κ1) is 12.3. The molecule has 1 amide bonds. The van der Waals surface area contributed by atoms with Crippen molar-refractivity contribution in [1.29, 1.82) is 0 Å². The molecule has 1 aromatic carbocycles. The Kier molecular flexibility index (Phi) is 3.91. The second-order valence-electron chi connectivity index (χ2n) is 4.13. The van der Waals surface area contributed by atoms with E-state index in [1.165, 1.54) is 0 Å². The van der Waals surface area contributed by atoms with Crippen LogP contribution in [0.4, 0.5) is 4.79 Å². The Morgan fingerprint density at radius 2 is 2.24 bits per heavy atom. The highest BCUT2D eigenvalue weighted by Gasteiger charge is 2.30. The van der Waals surface area contributed by atoms with Crippen LogP contribution in [0, 0.1) is 0 Å². The fourth-order valence-electron chi connectivity index (χ4n) is 1.77. The molecule has 1 heterocycles. The topological polar surface area (TPSA) is 41.6 Å². The summed E-state index contributed by atoms with van der Waals surface area (Å²) in [7, 11) is 0. The standard InChI is InChI=1S/C12H16N2O2S/c1-9-7-14(11(17)13-9)12(15)16-8-10-5-3-2-4-6-10/h2-6,9,11,13,17H,7-8H2,1H3/t9-,11?/m0/s1. The van der Waals surface area contributed by atoms with Gasteiger partial charge in [-0.15, -0.1) is 12.6 Å². The molecule has 1 aromatic rings. The largest absolute Gasteiger partial charge is 0.444 e. The number of thiol groups is 1. The molecule has 1 aliphatic heterocycles. The number of ether oxygens (including phenoxy) is 1. The number of benzene rings is 1. The first-order valence-corrected chi connectivity index (χ1v) is 6.10. The number of amides is 1. The van der Waals surface area contributed by atoms with Gasteiger partial charge in [-0.05, 0) is 12.5 Å². The Morgan fingerprint density at radius 1 is 1.53 bits per heavy atom. The fourth-order valence-corrected chi connectivity index (χ4v) is 2.21. The summed E-state index contributed by atoms with van der Waals surface area (Å²) in [6, 6.07) is 9.88. The summed E-state index contributed by atoms with van der Waals surface area (Å²) >= 11 is 4.28. The number of hydrogen-bond acceptors (Lipinski definition) is 4. The Hall–Kier alpha value is -1.20. The van der Waals surface area contributed by atoms with Crippen LogP contribution in [0.25, 0.3) is 0 Å². The molecule has 0 aromatic heterocycles. The van der Waals surface area contributed by atoms with Crippen LogP contribution in [-0.2, 0) is 11.3 Å². The van der Waals surface area contributed by atoms with Gasteiger partial charge in [0.15, 0.2) is 0 Å². The third-order valence-corrected chi connectivity index (χ3v) is 3.07. The van der Waals surface area contributed by atoms with Gasteiger partial charge in [-0.2, -0.15) is 0 Å². The summed E-state index contributed by atoms with van der Waals surface area (Å²) in [5, 5.41) is 3.14. The molecule has 4 nitrogen and oxygen atoms in total. The summed E-state index contributed by atoms with van der Waals surface area (Å²) in [6.45, 7) is 2.93. The van der Waals surface area contributed by atoms with Crippen molar-refractivity contribution in [2.75, 3.05) is 6.54 Å². The number of nitrogens with one attached hydrogen (secondary N) is 1. The van der Waals surface area contributed by atoms with Crippen molar-refractivity contribution in [3.8, 4) is 0 Å². The van der Waals surface area contributed by atoms with Crippen molar-refractivity contribution in [3.05, 3.63) is 35.9 Å². The molecule has 0 radical (unpaired) electrons. The molecule has 0 bridgehead atoms. The second-order valence-corrected chi connectivity index (χ2v) is 4.62. The molecule has 1 aliphatic rings. The zero-order chi connectivity index (χ0) is 12.3. The Morgan fingerprint density at radius 3 is 2.82 bits per heavy atom. The van der Waals surface area contributed by atoms with E-state index in [-0.39, 0.29) is 17.6 Å². The number of carbonyl (C=O) groups is 1. The number of nitrogens with zero attached hydrogens (tertiary/aromatic N) is 1. The van der Waals surface area contributed by atoms with Gasteiger partial charge in [0.2, 0.25) is 0 Å². The van der Waals surface area contributed by atoms with Crippen molar-refractivity contribution in [2.45, 2.75) is 25.1 Å². The molecule has 1 saturated heterocycles. The molecule has 1 fully saturated rings. The van der Waals surface area contributed by atoms with Crippen LogP contribution in [0.2, 0.25) is 0 Å². The minimum atomic E-state index is -0.328. The van der Waals surface area contributed by atoms with Gasteiger partial charge in [0.25, 0.3) is 0 Å². The van der Waals surface area contributed by atoms with Crippen LogP contribution in [-0.4, -0.2) is 29.1 Å². The van der Waals surface area contributed by atoms with Crippen LogP contribution in [0.1, 0.15) is 12.5 Å². The lowest BCUT2D eigenvalue weighted by atomic mass is 10.2. The summed E-state index contributed by atoms with van der Waals surface area (Å²) < 4.78 is 5.23. The van der Waals surface area contributed by atoms with Gasteiger partial charge >= 0.3 is 6.09 Å². The molecule has 17 heavy (non-hydrogen) atoms. The first-order chi connectivity index (χ1) is 8.16. The van der Waals surface area contributed by atoms with Crippen LogP contribution >= 0.6 is 12.6 Å². The lowest BCUT2D eigenvalue weighted by Gasteiger charge is -2.19. The van der Waals surface area contributed by atoms with Crippen molar-refractivity contribution >= 4 is 18.7 Å². The highest BCUT2D eigenvalue weighted by atomic mass is 32.1. The van der Waals surface area contributed by atoms with E-state index in [4.69, 9.17) is 4.74 Å². The van der Waals surface area contributed by atoms with Gasteiger partial charge in [0.1, 0.15) is 12.1 Å². The van der Waals surface area contributed by atoms with Crippen LogP contribution in [0.3, 0.4) is 0 Å². The SMILES string of the molecule is C[C@H]1CN(C(=O)OCc2ccccc2)C(S)N1. The Labute approximate surface area is 106 Å². The van der Waals surface area contributed by atoms with E-state index in [9.17, 15) is 4.79 Å². The highest BCUT2D eigenvalue weighted by Crippen LogP contribution is 2.13. The maximum atomic E-state index is 11.8. The highest BCUT2D eigenvalue weighted by molar-refractivity contribution is 7.80. The zero-order valence-corrected chi connectivity index (χ0v) is 10.6. The van der Waals surface area contributed by atoms with Gasteiger partial charge in [0.05, 0.1) is 0 Å². The average Bonchev–Trinajstić information content (AvgIpc) is 2.67. The summed E-state index contributed by atoms with van der Waals surface area (Å²) in [4.78, 5) is 13.4. The quantitative estimate of drug-likeness (QED) is 0.789. The molecule has 1 N–H and O–H groups in total. The van der Waals surface area contributed by atoms with E-state index in [0.717, 1.165) is 5.56 Å². The third-order valence-electron chi connectivity index (χ3n) is 2.64. The molecular formula is C12H16N2O2S. The van der Waals surface area contributed by atoms with Crippen molar-refractivity contribution < 1.29 is 9.53 Å². The van der Waals surface area contributed by atoms with E-state index in [2.05, 4.69) is 17.9 Å². The Balaban J connectivity index is 1.86. The Bertz CT molecular complexity index is 385. The third kappa shape index (κ3) is 3.14. The maximum absolute atomic E-state index is 11.8. The number of hydrogen-bond donors (Lipinski definition) is 2. The monoisotopic (exact) mass is 252 g/mol. The first-order valence-electron chi connectivity index (χ1n) is 5.58. The van der Waals surface area contributed by atoms with Crippen LogP contribution in [0.15, 0.2) is 30.3 Å². The number of rotatable bonds is 2. The summed E-state index contributed by atoms with van der Waals surface area (Å²) in [5.41, 5.74) is 0.727. The van der Waals surface area contributed by atoms with Gasteiger partial charge in [-0.3, -0.25) is 10.2 Å². The van der Waals surface area contributed by atoms with E-state index in [0.29, 0.717) is 13.2 Å². The lowest BCUT2D eigenvalue weighted by Crippen LogP contribution is -2.36.